The van der Waals surface area contributed by atoms with Gasteiger partial charge in [-0.2, -0.15) is 79.0 Å². The summed E-state index contributed by atoms with van der Waals surface area (Å²) in [6, 6.07) is 11.2. The number of halogens is 18. The predicted molar refractivity (Wildman–Crippen MR) is 251 cm³/mol. The molecule has 0 saturated carbocycles. The molecule has 0 N–H and O–H groups in total. The Morgan fingerprint density at radius 1 is 0.418 bits per heavy atom. The molecular weight excluding hydrogens is 1130 g/mol. The molecule has 0 spiro atoms. The number of rotatable bonds is 4. The fraction of sp³-hybridized carbons (Fsp3) is 0.200. The molecule has 79 heavy (non-hydrogen) atoms. The summed E-state index contributed by atoms with van der Waals surface area (Å²) in [6.07, 6.45) is -21.7. The van der Waals surface area contributed by atoms with Crippen molar-refractivity contribution in [3.05, 3.63) is 175 Å². The Morgan fingerprint density at radius 3 is 0.937 bits per heavy atom. The van der Waals surface area contributed by atoms with Gasteiger partial charge in [-0.15, -0.1) is 0 Å². The molecule has 0 amide bonds. The van der Waals surface area contributed by atoms with Crippen molar-refractivity contribution < 1.29 is 97.5 Å². The van der Waals surface area contributed by atoms with E-state index in [2.05, 4.69) is 11.8 Å². The number of furan rings is 2. The lowest BCUT2D eigenvalue weighted by Crippen LogP contribution is -2.48. The van der Waals surface area contributed by atoms with Gasteiger partial charge in [0.25, 0.3) is 0 Å². The zero-order valence-electron chi connectivity index (χ0n) is 39.8. The SMILES string of the molecule is CC(=O)Sc1ccc(C#Cc2cc(C(F)(F)F)c(C#Cc3cc(C4=C(c5cc(C#Cc6cc(C(F)(F)F)c(C#Cc7ccc(SC(C)=O)cc7)cc6C(F)(F)F)oc5C)C(F)(F)C(F)(F)C4(F)F)c(C)o3)cc2C(F)(F)F)cc1. The van der Waals surface area contributed by atoms with E-state index in [0.717, 1.165) is 37.4 Å². The standard InChI is InChI=1S/C55H26F18O4S2/c1-27-41(25-37(76-27)15-13-35-23-43(51(60,61)62)33(21-45(35)53(66,67)68)11-5-31-7-17-39(18-8-31)78-29(3)74)47-48(50(58,59)55(72,73)49(47,56)57)42-26-38(77-28(42)2)16-14-36-24-44(52(63,64)65)34(22-46(36)54(69,70)71)12-6-32-9-19-40(20-10-32)79-30(4)75/h7-10,17-26H,1-4H3. The van der Waals surface area contributed by atoms with E-state index in [-0.39, 0.29) is 45.6 Å². The quantitative estimate of drug-likeness (QED) is 0.0996. The maximum atomic E-state index is 15.9. The predicted octanol–water partition coefficient (Wildman–Crippen LogP) is 16.3. The number of hydrogen-bond donors (Lipinski definition) is 0. The van der Waals surface area contributed by atoms with Crippen molar-refractivity contribution in [2.24, 2.45) is 0 Å². The zero-order valence-corrected chi connectivity index (χ0v) is 41.5. The molecular formula is C55H26F18O4S2. The summed E-state index contributed by atoms with van der Waals surface area (Å²) in [5.74, 6) is -6.08. The second-order valence-electron chi connectivity index (χ2n) is 16.7. The van der Waals surface area contributed by atoms with Crippen molar-refractivity contribution in [3.63, 3.8) is 0 Å². The molecule has 1 aliphatic rings. The zero-order chi connectivity index (χ0) is 58.6. The van der Waals surface area contributed by atoms with Gasteiger partial charge in [0.1, 0.15) is 11.5 Å². The molecule has 0 aliphatic heterocycles. The molecule has 2 aromatic heterocycles. The van der Waals surface area contributed by atoms with Crippen LogP contribution in [0.1, 0.15) is 104 Å². The van der Waals surface area contributed by atoms with Crippen molar-refractivity contribution >= 4 is 44.9 Å². The fourth-order valence-electron chi connectivity index (χ4n) is 7.65. The van der Waals surface area contributed by atoms with Gasteiger partial charge in [-0.05, 0) is 98.5 Å². The third-order valence-corrected chi connectivity index (χ3v) is 12.7. The number of alkyl halides is 18. The van der Waals surface area contributed by atoms with Crippen molar-refractivity contribution in [1.82, 2.24) is 0 Å². The topological polar surface area (TPSA) is 60.4 Å². The first kappa shape index (κ1) is 58.9. The van der Waals surface area contributed by atoms with Crippen molar-refractivity contribution in [2.75, 3.05) is 0 Å². The minimum atomic E-state index is -6.31. The van der Waals surface area contributed by atoms with Crippen LogP contribution in [0.25, 0.3) is 11.1 Å². The van der Waals surface area contributed by atoms with Crippen LogP contribution in [0.2, 0.25) is 0 Å². The van der Waals surface area contributed by atoms with Gasteiger partial charge in [0.05, 0.1) is 22.3 Å². The minimum absolute atomic E-state index is 0.0216. The number of carbonyl (C=O) groups excluding carboxylic acids is 2. The molecule has 0 radical (unpaired) electrons. The first-order chi connectivity index (χ1) is 36.4. The van der Waals surface area contributed by atoms with Crippen LogP contribution in [-0.4, -0.2) is 28.0 Å². The van der Waals surface area contributed by atoms with Gasteiger partial charge in [0, 0.05) is 91.4 Å². The van der Waals surface area contributed by atoms with Gasteiger partial charge in [-0.3, -0.25) is 9.59 Å². The van der Waals surface area contributed by atoms with Crippen LogP contribution in [-0.2, 0) is 34.3 Å². The third kappa shape index (κ3) is 12.4. The van der Waals surface area contributed by atoms with Crippen LogP contribution < -0.4 is 0 Å². The number of carbonyl (C=O) groups is 2. The minimum Gasteiger partial charge on any atom is -0.452 e. The van der Waals surface area contributed by atoms with Crippen LogP contribution in [0.4, 0.5) is 79.0 Å². The molecule has 4 nitrogen and oxygen atoms in total. The average Bonchev–Trinajstić information content (AvgIpc) is 3.95. The maximum absolute atomic E-state index is 15.9. The fourth-order valence-corrected chi connectivity index (χ4v) is 8.86. The lowest BCUT2D eigenvalue weighted by molar-refractivity contribution is -0.254. The van der Waals surface area contributed by atoms with E-state index in [4.69, 9.17) is 8.83 Å². The average molecular weight is 1160 g/mol. The monoisotopic (exact) mass is 1160 g/mol. The van der Waals surface area contributed by atoms with Gasteiger partial charge in [0.15, 0.2) is 21.8 Å². The molecule has 408 valence electrons. The van der Waals surface area contributed by atoms with Gasteiger partial charge < -0.3 is 8.83 Å². The molecule has 0 fully saturated rings. The first-order valence-electron chi connectivity index (χ1n) is 21.8. The van der Waals surface area contributed by atoms with Gasteiger partial charge in [-0.25, -0.2) is 0 Å². The Labute approximate surface area is 443 Å². The van der Waals surface area contributed by atoms with Gasteiger partial charge in [-0.1, -0.05) is 59.0 Å². The van der Waals surface area contributed by atoms with Crippen LogP contribution in [0, 0.1) is 61.2 Å². The highest BCUT2D eigenvalue weighted by atomic mass is 32.2. The van der Waals surface area contributed by atoms with Crippen molar-refractivity contribution in [3.8, 4) is 47.4 Å². The second kappa shape index (κ2) is 21.1. The normalized spacial score (nSPS) is 14.8. The van der Waals surface area contributed by atoms with Crippen molar-refractivity contribution in [1.29, 1.82) is 0 Å². The van der Waals surface area contributed by atoms with E-state index in [1.165, 1.54) is 62.4 Å². The maximum Gasteiger partial charge on any atom is 0.417 e. The number of hydrogen-bond acceptors (Lipinski definition) is 6. The summed E-state index contributed by atoms with van der Waals surface area (Å²) in [5, 5.41) is -0.602. The molecule has 0 atom stereocenters. The highest BCUT2D eigenvalue weighted by Crippen LogP contribution is 2.65. The van der Waals surface area contributed by atoms with Gasteiger partial charge >= 0.3 is 42.5 Å². The number of allylic oxidation sites excluding steroid dienone is 2. The highest BCUT2D eigenvalue weighted by molar-refractivity contribution is 8.13. The van der Waals surface area contributed by atoms with Crippen LogP contribution in [0.5, 0.6) is 0 Å². The summed E-state index contributed by atoms with van der Waals surface area (Å²) in [4.78, 5) is 23.6. The molecule has 7 rings (SSSR count). The molecule has 24 heteroatoms. The lowest BCUT2D eigenvalue weighted by atomic mass is 9.95. The van der Waals surface area contributed by atoms with Crippen molar-refractivity contribution in [2.45, 2.75) is 80.0 Å². The first-order valence-corrected chi connectivity index (χ1v) is 23.4. The van der Waals surface area contributed by atoms with E-state index in [1.54, 1.807) is 11.8 Å². The van der Waals surface area contributed by atoms with Crippen LogP contribution in [0.15, 0.2) is 104 Å². The summed E-state index contributed by atoms with van der Waals surface area (Å²) >= 11 is 1.62. The Kier molecular flexibility index (Phi) is 15.7. The second-order valence-corrected chi connectivity index (χ2v) is 19.2. The summed E-state index contributed by atoms with van der Waals surface area (Å²) in [7, 11) is 0. The largest absolute Gasteiger partial charge is 0.452 e. The summed E-state index contributed by atoms with van der Waals surface area (Å²) < 4.78 is 277. The molecule has 1 aliphatic carbocycles. The molecule has 6 aromatic rings. The van der Waals surface area contributed by atoms with Gasteiger partial charge in [0.2, 0.25) is 0 Å². The molecule has 2 heterocycles. The summed E-state index contributed by atoms with van der Waals surface area (Å²) in [5.41, 5.74) is -19.2. The number of benzene rings is 4. The van der Waals surface area contributed by atoms with E-state index in [9.17, 15) is 62.3 Å². The van der Waals surface area contributed by atoms with E-state index >= 15 is 26.3 Å². The third-order valence-electron chi connectivity index (χ3n) is 11.1. The van der Waals surface area contributed by atoms with Crippen LogP contribution >= 0.6 is 23.5 Å². The number of aryl methyl sites for hydroxylation is 2. The van der Waals surface area contributed by atoms with Crippen LogP contribution in [0.3, 0.4) is 0 Å². The number of thioether (sulfide) groups is 2. The summed E-state index contributed by atoms with van der Waals surface area (Å²) in [6.45, 7) is 3.99. The molecule has 0 bridgehead atoms. The molecule has 0 unspecified atom stereocenters. The Bertz CT molecular complexity index is 3500. The smallest absolute Gasteiger partial charge is 0.417 e. The highest BCUT2D eigenvalue weighted by Gasteiger charge is 2.80. The Morgan fingerprint density at radius 2 is 0.684 bits per heavy atom. The van der Waals surface area contributed by atoms with E-state index in [0.29, 0.717) is 21.9 Å². The van der Waals surface area contributed by atoms with E-state index < -0.39 is 132 Å². The van der Waals surface area contributed by atoms with E-state index in [1.807, 2.05) is 23.7 Å². The molecule has 4 aromatic carbocycles. The Balaban J connectivity index is 1.31. The molecule has 0 saturated heterocycles. The lowest BCUT2D eigenvalue weighted by Gasteiger charge is -2.25. The Hall–Kier alpha value is -7.80.